The summed E-state index contributed by atoms with van der Waals surface area (Å²) in [4.78, 5) is 36.9. The van der Waals surface area contributed by atoms with E-state index in [1.807, 2.05) is 52.1 Å². The lowest BCUT2D eigenvalue weighted by atomic mass is 10.0. The van der Waals surface area contributed by atoms with Gasteiger partial charge in [0.2, 0.25) is 0 Å². The average Bonchev–Trinajstić information content (AvgIpc) is 3.33. The lowest BCUT2D eigenvalue weighted by molar-refractivity contribution is 0.0287. The SMILES string of the molecule is C=NC(=Nc1c(C)cc(-c2cc(OC)cc(OC)c2)c(=O)n1C[C@@H]1CCN(C(=O)OC(C)(C)C)C1)SC. The summed E-state index contributed by atoms with van der Waals surface area (Å²) in [6.07, 6.45) is 2.27. The van der Waals surface area contributed by atoms with Gasteiger partial charge in [-0.1, -0.05) is 11.8 Å². The van der Waals surface area contributed by atoms with E-state index in [2.05, 4.69) is 16.7 Å². The number of aromatic nitrogens is 1. The first kappa shape index (κ1) is 28.3. The smallest absolute Gasteiger partial charge is 0.410 e. The van der Waals surface area contributed by atoms with Gasteiger partial charge in [-0.2, -0.15) is 0 Å². The summed E-state index contributed by atoms with van der Waals surface area (Å²) in [6.45, 7) is 12.5. The Balaban J connectivity index is 2.06. The van der Waals surface area contributed by atoms with Gasteiger partial charge in [-0.05, 0) is 82.3 Å². The van der Waals surface area contributed by atoms with Crippen LogP contribution in [-0.4, -0.2) is 66.6 Å². The Kier molecular flexibility index (Phi) is 9.07. The monoisotopic (exact) mass is 528 g/mol. The van der Waals surface area contributed by atoms with Crippen molar-refractivity contribution < 1.29 is 19.0 Å². The van der Waals surface area contributed by atoms with Crippen LogP contribution < -0.4 is 15.0 Å². The first-order valence-corrected chi connectivity index (χ1v) is 13.3. The van der Waals surface area contributed by atoms with E-state index >= 15 is 0 Å². The lowest BCUT2D eigenvalue weighted by Gasteiger charge is -2.24. The van der Waals surface area contributed by atoms with Gasteiger partial charge in [0, 0.05) is 31.3 Å². The van der Waals surface area contributed by atoms with Gasteiger partial charge in [0.15, 0.2) is 5.17 Å². The molecule has 1 amide bonds. The molecule has 200 valence electrons. The van der Waals surface area contributed by atoms with Crippen molar-refractivity contribution in [2.24, 2.45) is 15.9 Å². The van der Waals surface area contributed by atoms with Crippen molar-refractivity contribution in [2.45, 2.75) is 46.3 Å². The van der Waals surface area contributed by atoms with E-state index in [1.165, 1.54) is 11.8 Å². The van der Waals surface area contributed by atoms with Gasteiger partial charge in [0.05, 0.1) is 14.2 Å². The predicted octanol–water partition coefficient (Wildman–Crippen LogP) is 5.15. The number of nitrogens with zero attached hydrogens (tertiary/aromatic N) is 4. The quantitative estimate of drug-likeness (QED) is 0.380. The first-order chi connectivity index (χ1) is 17.5. The molecule has 0 bridgehead atoms. The molecule has 0 radical (unpaired) electrons. The molecular formula is C27H36N4O5S. The number of carbonyl (C=O) groups excluding carboxylic acids is 1. The Morgan fingerprint density at radius 2 is 1.81 bits per heavy atom. The number of carbonyl (C=O) groups is 1. The number of benzene rings is 1. The zero-order valence-electron chi connectivity index (χ0n) is 22.7. The van der Waals surface area contributed by atoms with Gasteiger partial charge in [0.25, 0.3) is 5.56 Å². The Hall–Kier alpha value is -3.27. The van der Waals surface area contributed by atoms with E-state index in [1.54, 1.807) is 29.8 Å². The number of likely N-dealkylation sites (tertiary alicyclic amines) is 1. The molecule has 0 spiro atoms. The number of amidine groups is 1. The molecule has 0 aliphatic carbocycles. The minimum atomic E-state index is -0.566. The van der Waals surface area contributed by atoms with Crippen LogP contribution in [0.1, 0.15) is 32.8 Å². The topological polar surface area (TPSA) is 94.7 Å². The number of rotatable bonds is 6. The Labute approximate surface area is 222 Å². The van der Waals surface area contributed by atoms with E-state index in [0.717, 1.165) is 12.0 Å². The summed E-state index contributed by atoms with van der Waals surface area (Å²) in [5, 5.41) is 0.467. The van der Waals surface area contributed by atoms with Crippen LogP contribution in [0.4, 0.5) is 10.6 Å². The number of pyridine rings is 1. The minimum Gasteiger partial charge on any atom is -0.497 e. The number of hydrogen-bond donors (Lipinski definition) is 0. The van der Waals surface area contributed by atoms with Gasteiger partial charge in [-0.25, -0.2) is 14.8 Å². The number of thioether (sulfide) groups is 1. The summed E-state index contributed by atoms with van der Waals surface area (Å²) in [6, 6.07) is 7.21. The molecular weight excluding hydrogens is 492 g/mol. The van der Waals surface area contributed by atoms with Crippen LogP contribution >= 0.6 is 11.8 Å². The number of amides is 1. The molecule has 1 atom stereocenters. The third-order valence-electron chi connectivity index (χ3n) is 6.00. The van der Waals surface area contributed by atoms with Crippen molar-refractivity contribution in [3.05, 3.63) is 40.2 Å². The van der Waals surface area contributed by atoms with Crippen LogP contribution in [0.5, 0.6) is 11.5 Å². The van der Waals surface area contributed by atoms with Crippen molar-refractivity contribution in [3.63, 3.8) is 0 Å². The molecule has 3 rings (SSSR count). The molecule has 1 saturated heterocycles. The van der Waals surface area contributed by atoms with Crippen LogP contribution in [0, 0.1) is 12.8 Å². The summed E-state index contributed by atoms with van der Waals surface area (Å²) in [7, 11) is 3.14. The van der Waals surface area contributed by atoms with Crippen molar-refractivity contribution >= 4 is 35.6 Å². The highest BCUT2D eigenvalue weighted by Gasteiger charge is 2.31. The maximum atomic E-state index is 13.9. The highest BCUT2D eigenvalue weighted by molar-refractivity contribution is 8.13. The molecule has 1 aliphatic rings. The van der Waals surface area contributed by atoms with Crippen LogP contribution in [0.25, 0.3) is 11.1 Å². The standard InChI is InChI=1S/C27H36N4O5S/c1-17-11-22(19-12-20(34-6)14-21(13-19)35-7)24(32)31(23(17)29-25(28-5)37-8)16-18-9-10-30(15-18)26(33)36-27(2,3)4/h11-14,18H,5,9-10,15-16H2,1-4,6-8H3/t18-/m1/s1. The van der Waals surface area contributed by atoms with Gasteiger partial charge in [-0.3, -0.25) is 9.36 Å². The maximum absolute atomic E-state index is 13.9. The third kappa shape index (κ3) is 6.94. The zero-order valence-corrected chi connectivity index (χ0v) is 23.5. The van der Waals surface area contributed by atoms with Gasteiger partial charge in [0.1, 0.15) is 22.9 Å². The molecule has 2 aromatic rings. The van der Waals surface area contributed by atoms with Crippen molar-refractivity contribution in [1.82, 2.24) is 9.47 Å². The van der Waals surface area contributed by atoms with Crippen molar-refractivity contribution in [1.29, 1.82) is 0 Å². The second-order valence-electron chi connectivity index (χ2n) is 9.92. The molecule has 0 N–H and O–H groups in total. The molecule has 1 aliphatic heterocycles. The zero-order chi connectivity index (χ0) is 27.3. The predicted molar refractivity (Wildman–Crippen MR) is 150 cm³/mol. The van der Waals surface area contributed by atoms with Crippen molar-refractivity contribution in [2.75, 3.05) is 33.6 Å². The van der Waals surface area contributed by atoms with Crippen LogP contribution in [0.2, 0.25) is 0 Å². The van der Waals surface area contributed by atoms with E-state index in [4.69, 9.17) is 14.2 Å². The fraction of sp³-hybridized carbons (Fsp3) is 0.481. The van der Waals surface area contributed by atoms with E-state index in [9.17, 15) is 9.59 Å². The van der Waals surface area contributed by atoms with Gasteiger partial charge < -0.3 is 19.1 Å². The minimum absolute atomic E-state index is 0.0584. The number of methoxy groups -OCH3 is 2. The fourth-order valence-corrected chi connectivity index (χ4v) is 4.56. The number of ether oxygens (including phenoxy) is 3. The Bertz CT molecular complexity index is 1230. The van der Waals surface area contributed by atoms with E-state index in [-0.39, 0.29) is 17.6 Å². The normalized spacial score (nSPS) is 16.0. The summed E-state index contributed by atoms with van der Waals surface area (Å²) in [5.41, 5.74) is 1.24. The molecule has 0 saturated carbocycles. The summed E-state index contributed by atoms with van der Waals surface area (Å²) >= 11 is 1.35. The second-order valence-corrected chi connectivity index (χ2v) is 10.7. The molecule has 9 nitrogen and oxygen atoms in total. The van der Waals surface area contributed by atoms with Crippen LogP contribution in [0.3, 0.4) is 0 Å². The molecule has 37 heavy (non-hydrogen) atoms. The van der Waals surface area contributed by atoms with Crippen LogP contribution in [-0.2, 0) is 11.3 Å². The number of aryl methyl sites for hydroxylation is 1. The fourth-order valence-electron chi connectivity index (χ4n) is 4.25. The van der Waals surface area contributed by atoms with Crippen LogP contribution in [0.15, 0.2) is 39.0 Å². The van der Waals surface area contributed by atoms with Gasteiger partial charge >= 0.3 is 6.09 Å². The average molecular weight is 529 g/mol. The largest absolute Gasteiger partial charge is 0.497 e. The number of aliphatic imine (C=N–C) groups is 2. The number of hydrogen-bond acceptors (Lipinski definition) is 7. The van der Waals surface area contributed by atoms with Crippen molar-refractivity contribution in [3.8, 4) is 22.6 Å². The molecule has 10 heteroatoms. The summed E-state index contributed by atoms with van der Waals surface area (Å²) in [5.74, 6) is 1.76. The van der Waals surface area contributed by atoms with E-state index in [0.29, 0.717) is 53.2 Å². The lowest BCUT2D eigenvalue weighted by Crippen LogP contribution is -2.36. The molecule has 0 unspecified atom stereocenters. The highest BCUT2D eigenvalue weighted by Crippen LogP contribution is 2.32. The Morgan fingerprint density at radius 3 is 2.35 bits per heavy atom. The molecule has 1 fully saturated rings. The molecule has 1 aromatic heterocycles. The van der Waals surface area contributed by atoms with Gasteiger partial charge in [-0.15, -0.1) is 0 Å². The summed E-state index contributed by atoms with van der Waals surface area (Å²) < 4.78 is 18.1. The molecule has 1 aromatic carbocycles. The second kappa shape index (κ2) is 11.9. The van der Waals surface area contributed by atoms with E-state index < -0.39 is 5.60 Å². The maximum Gasteiger partial charge on any atom is 0.410 e. The highest BCUT2D eigenvalue weighted by atomic mass is 32.2. The first-order valence-electron chi connectivity index (χ1n) is 12.0. The Morgan fingerprint density at radius 1 is 1.16 bits per heavy atom. The third-order valence-corrected chi connectivity index (χ3v) is 6.59. The molecule has 2 heterocycles.